The van der Waals surface area contributed by atoms with E-state index < -0.39 is 0 Å². The van der Waals surface area contributed by atoms with Crippen molar-refractivity contribution in [2.45, 2.75) is 53.0 Å². The van der Waals surface area contributed by atoms with Crippen LogP contribution in [0.3, 0.4) is 0 Å². The van der Waals surface area contributed by atoms with Crippen molar-refractivity contribution < 1.29 is 19.1 Å². The van der Waals surface area contributed by atoms with Gasteiger partial charge in [-0.25, -0.2) is 4.79 Å². The first-order chi connectivity index (χ1) is 16.4. The fraction of sp³-hybridized carbons (Fsp3) is 0.429. The third-order valence-corrected chi connectivity index (χ3v) is 6.14. The molecule has 1 N–H and O–H groups in total. The number of ether oxygens (including phenoxy) is 2. The molecule has 0 saturated carbocycles. The summed E-state index contributed by atoms with van der Waals surface area (Å²) in [6.07, 6.45) is 5.89. The van der Waals surface area contributed by atoms with Crippen LogP contribution in [0.2, 0.25) is 0 Å². The molecule has 0 spiro atoms. The van der Waals surface area contributed by atoms with Crippen LogP contribution in [0, 0.1) is 5.92 Å². The lowest BCUT2D eigenvalue weighted by Gasteiger charge is -2.14. The highest BCUT2D eigenvalue weighted by Crippen LogP contribution is 2.28. The monoisotopic (exact) mass is 464 g/mol. The zero-order valence-corrected chi connectivity index (χ0v) is 20.9. The predicted molar refractivity (Wildman–Crippen MR) is 136 cm³/mol. The number of hydrogen-bond acceptors (Lipinski definition) is 4. The van der Waals surface area contributed by atoms with Crippen molar-refractivity contribution in [1.29, 1.82) is 0 Å². The Morgan fingerprint density at radius 2 is 1.82 bits per heavy atom. The first kappa shape index (κ1) is 25.3. The van der Waals surface area contributed by atoms with Crippen molar-refractivity contribution in [3.8, 4) is 5.75 Å². The van der Waals surface area contributed by atoms with Crippen molar-refractivity contribution in [3.63, 3.8) is 0 Å². The maximum Gasteiger partial charge on any atom is 0.337 e. The van der Waals surface area contributed by atoms with Gasteiger partial charge in [0.2, 0.25) is 5.91 Å². The highest BCUT2D eigenvalue weighted by atomic mass is 16.5. The summed E-state index contributed by atoms with van der Waals surface area (Å²) in [6, 6.07) is 11.9. The number of fused-ring (bicyclic) bond motifs is 1. The fourth-order valence-corrected chi connectivity index (χ4v) is 4.31. The molecule has 3 aromatic rings. The lowest BCUT2D eigenvalue weighted by atomic mass is 9.98. The zero-order valence-electron chi connectivity index (χ0n) is 20.9. The molecule has 182 valence electrons. The Bertz CT molecular complexity index is 1150. The minimum atomic E-state index is -0.386. The molecule has 0 radical (unpaired) electrons. The number of nitrogens with one attached hydrogen (secondary N) is 1. The molecule has 1 atom stereocenters. The Morgan fingerprint density at radius 1 is 1.03 bits per heavy atom. The van der Waals surface area contributed by atoms with Gasteiger partial charge in [-0.3, -0.25) is 4.79 Å². The van der Waals surface area contributed by atoms with Gasteiger partial charge in [0.1, 0.15) is 5.75 Å². The van der Waals surface area contributed by atoms with Crippen LogP contribution < -0.4 is 10.1 Å². The Kier molecular flexibility index (Phi) is 8.74. The van der Waals surface area contributed by atoms with Crippen LogP contribution >= 0.6 is 0 Å². The summed E-state index contributed by atoms with van der Waals surface area (Å²) in [5.41, 5.74) is 5.03. The molecule has 6 nitrogen and oxygen atoms in total. The number of nitrogens with zero attached hydrogens (tertiary/aromatic N) is 1. The quantitative estimate of drug-likeness (QED) is 0.399. The van der Waals surface area contributed by atoms with Crippen LogP contribution in [0.5, 0.6) is 5.75 Å². The van der Waals surface area contributed by atoms with Crippen molar-refractivity contribution in [2.24, 2.45) is 5.92 Å². The van der Waals surface area contributed by atoms with Gasteiger partial charge in [-0.1, -0.05) is 45.4 Å². The number of aromatic nitrogens is 1. The number of amides is 1. The highest BCUT2D eigenvalue weighted by molar-refractivity contribution is 5.90. The standard InChI is InChI=1S/C28H36N2O4/c1-6-8-22-17-30(18-23-11-10-21(28(32)34-5)16-26(23)33-4)25-15-20(9-12-24(22)25)14-19(3)27(31)29-13-7-2/h9-12,15-17,19H,6-8,13-14,18H2,1-5H3,(H,29,31). The number of carbonyl (C=O) groups excluding carboxylic acids is 2. The SMILES string of the molecule is CCCNC(=O)C(C)Cc1ccc2c(CCC)cn(Cc3ccc(C(=O)OC)cc3OC)c2c1. The van der Waals surface area contributed by atoms with E-state index >= 15 is 0 Å². The number of rotatable bonds is 11. The molecule has 2 aromatic carbocycles. The molecule has 0 aliphatic carbocycles. The maximum atomic E-state index is 12.4. The second-order valence-electron chi connectivity index (χ2n) is 8.80. The largest absolute Gasteiger partial charge is 0.496 e. The Hall–Kier alpha value is -3.28. The summed E-state index contributed by atoms with van der Waals surface area (Å²) in [6.45, 7) is 7.54. The molecule has 6 heteroatoms. The molecule has 1 unspecified atom stereocenters. The second kappa shape index (κ2) is 11.7. The van der Waals surface area contributed by atoms with Crippen molar-refractivity contribution >= 4 is 22.8 Å². The van der Waals surface area contributed by atoms with E-state index in [1.165, 1.54) is 18.1 Å². The van der Waals surface area contributed by atoms with Crippen LogP contribution in [-0.2, 0) is 28.9 Å². The van der Waals surface area contributed by atoms with Gasteiger partial charge in [0.15, 0.2) is 0 Å². The van der Waals surface area contributed by atoms with Crippen molar-refractivity contribution in [1.82, 2.24) is 9.88 Å². The van der Waals surface area contributed by atoms with Gasteiger partial charge in [0, 0.05) is 35.1 Å². The number of esters is 1. The maximum absolute atomic E-state index is 12.4. The molecular formula is C28H36N2O4. The molecule has 1 amide bonds. The van der Waals surface area contributed by atoms with Crippen LogP contribution in [0.4, 0.5) is 0 Å². The first-order valence-corrected chi connectivity index (χ1v) is 12.0. The minimum Gasteiger partial charge on any atom is -0.496 e. The summed E-state index contributed by atoms with van der Waals surface area (Å²) < 4.78 is 12.7. The normalized spacial score (nSPS) is 11.9. The van der Waals surface area contributed by atoms with E-state index in [2.05, 4.69) is 48.1 Å². The molecule has 1 heterocycles. The second-order valence-corrected chi connectivity index (χ2v) is 8.80. The van der Waals surface area contributed by atoms with Crippen LogP contribution in [0.25, 0.3) is 10.9 Å². The fourth-order valence-electron chi connectivity index (χ4n) is 4.31. The molecule has 0 bridgehead atoms. The number of hydrogen-bond donors (Lipinski definition) is 1. The van der Waals surface area contributed by atoms with Gasteiger partial charge in [-0.05, 0) is 48.6 Å². The van der Waals surface area contributed by atoms with Crippen molar-refractivity contribution in [2.75, 3.05) is 20.8 Å². The van der Waals surface area contributed by atoms with Crippen LogP contribution in [0.15, 0.2) is 42.6 Å². The summed E-state index contributed by atoms with van der Waals surface area (Å²) in [4.78, 5) is 24.3. The number of aryl methyl sites for hydroxylation is 1. The zero-order chi connectivity index (χ0) is 24.7. The third kappa shape index (κ3) is 5.79. The molecule has 0 aliphatic heterocycles. The molecule has 0 aliphatic rings. The summed E-state index contributed by atoms with van der Waals surface area (Å²) >= 11 is 0. The molecule has 3 rings (SSSR count). The van der Waals surface area contributed by atoms with E-state index in [0.717, 1.165) is 35.9 Å². The minimum absolute atomic E-state index is 0.0894. The van der Waals surface area contributed by atoms with Gasteiger partial charge in [0.25, 0.3) is 0 Å². The first-order valence-electron chi connectivity index (χ1n) is 12.0. The van der Waals surface area contributed by atoms with Gasteiger partial charge in [-0.2, -0.15) is 0 Å². The lowest BCUT2D eigenvalue weighted by molar-refractivity contribution is -0.124. The molecular weight excluding hydrogens is 428 g/mol. The summed E-state index contributed by atoms with van der Waals surface area (Å²) in [7, 11) is 2.98. The Labute approximate surface area is 202 Å². The molecule has 34 heavy (non-hydrogen) atoms. The smallest absolute Gasteiger partial charge is 0.337 e. The number of methoxy groups -OCH3 is 2. The number of benzene rings is 2. The van der Waals surface area contributed by atoms with Gasteiger partial charge >= 0.3 is 5.97 Å². The van der Waals surface area contributed by atoms with E-state index in [9.17, 15) is 9.59 Å². The molecule has 0 fully saturated rings. The Balaban J connectivity index is 1.94. The van der Waals surface area contributed by atoms with E-state index in [1.807, 2.05) is 13.0 Å². The van der Waals surface area contributed by atoms with E-state index in [4.69, 9.17) is 9.47 Å². The molecule has 1 aromatic heterocycles. The Morgan fingerprint density at radius 3 is 2.50 bits per heavy atom. The summed E-state index contributed by atoms with van der Waals surface area (Å²) in [5, 5.41) is 4.23. The van der Waals surface area contributed by atoms with Crippen LogP contribution in [-0.4, -0.2) is 37.2 Å². The van der Waals surface area contributed by atoms with Crippen molar-refractivity contribution in [3.05, 3.63) is 64.8 Å². The van der Waals surface area contributed by atoms with E-state index in [1.54, 1.807) is 19.2 Å². The molecule has 0 saturated heterocycles. The predicted octanol–water partition coefficient (Wildman–Crippen LogP) is 5.14. The summed E-state index contributed by atoms with van der Waals surface area (Å²) in [5.74, 6) is 0.273. The average Bonchev–Trinajstić information content (AvgIpc) is 3.18. The van der Waals surface area contributed by atoms with Crippen LogP contribution in [0.1, 0.15) is 60.7 Å². The van der Waals surface area contributed by atoms with Gasteiger partial charge < -0.3 is 19.4 Å². The topological polar surface area (TPSA) is 69.6 Å². The van der Waals surface area contributed by atoms with E-state index in [0.29, 0.717) is 30.8 Å². The lowest BCUT2D eigenvalue weighted by Crippen LogP contribution is -2.30. The average molecular weight is 465 g/mol. The van der Waals surface area contributed by atoms with Gasteiger partial charge in [-0.15, -0.1) is 0 Å². The third-order valence-electron chi connectivity index (χ3n) is 6.14. The number of carbonyl (C=O) groups is 2. The van der Waals surface area contributed by atoms with Gasteiger partial charge in [0.05, 0.1) is 26.3 Å². The highest BCUT2D eigenvalue weighted by Gasteiger charge is 2.16. The van der Waals surface area contributed by atoms with E-state index in [-0.39, 0.29) is 17.8 Å².